The fraction of sp³-hybridized carbons (Fsp3) is 0.235. The van der Waals surface area contributed by atoms with E-state index in [0.29, 0.717) is 11.3 Å². The fourth-order valence-electron chi connectivity index (χ4n) is 2.71. The average Bonchev–Trinajstić information content (AvgIpc) is 2.49. The van der Waals surface area contributed by atoms with Crippen molar-refractivity contribution in [2.75, 3.05) is 11.1 Å². The molecule has 0 saturated carbocycles. The Labute approximate surface area is 119 Å². The van der Waals surface area contributed by atoms with E-state index in [-0.39, 0.29) is 0 Å². The Hall–Kier alpha value is -2.47. The summed E-state index contributed by atoms with van der Waals surface area (Å²) in [6.45, 7) is 0. The molecule has 0 atom stereocenters. The van der Waals surface area contributed by atoms with Gasteiger partial charge in [-0.3, -0.25) is 0 Å². The lowest BCUT2D eigenvalue weighted by molar-refractivity contribution is 0.686. The number of benzene rings is 2. The number of hydrogen-bond acceptors (Lipinski definition) is 3. The smallest absolute Gasteiger partial charge is 0.0992 e. The molecule has 0 heterocycles. The minimum absolute atomic E-state index is 0.582. The monoisotopic (exact) mass is 263 g/mol. The molecular formula is C17H17N3. The third-order valence-electron chi connectivity index (χ3n) is 3.81. The molecule has 0 saturated heterocycles. The second kappa shape index (κ2) is 5.26. The molecule has 3 heteroatoms. The highest BCUT2D eigenvalue weighted by molar-refractivity contribution is 5.74. The van der Waals surface area contributed by atoms with Gasteiger partial charge in [-0.05, 0) is 67.1 Å². The van der Waals surface area contributed by atoms with Crippen LogP contribution in [0.15, 0.2) is 36.4 Å². The molecule has 0 amide bonds. The first-order valence-corrected chi connectivity index (χ1v) is 6.95. The van der Waals surface area contributed by atoms with Crippen molar-refractivity contribution in [3.05, 3.63) is 53.1 Å². The Balaban J connectivity index is 1.86. The molecule has 0 fully saturated rings. The van der Waals surface area contributed by atoms with Gasteiger partial charge in [0.25, 0.3) is 0 Å². The molecule has 3 nitrogen and oxygen atoms in total. The molecule has 100 valence electrons. The molecule has 1 aliphatic carbocycles. The van der Waals surface area contributed by atoms with E-state index in [0.717, 1.165) is 17.8 Å². The highest BCUT2D eigenvalue weighted by Gasteiger charge is 2.10. The van der Waals surface area contributed by atoms with E-state index in [4.69, 9.17) is 11.0 Å². The minimum atomic E-state index is 0.582. The number of aryl methyl sites for hydroxylation is 2. The molecule has 0 aromatic heterocycles. The normalized spacial score (nSPS) is 13.3. The average molecular weight is 263 g/mol. The predicted octanol–water partition coefficient (Wildman–Crippen LogP) is 3.76. The van der Waals surface area contributed by atoms with Gasteiger partial charge in [0.15, 0.2) is 0 Å². The molecule has 2 aromatic carbocycles. The van der Waals surface area contributed by atoms with E-state index < -0.39 is 0 Å². The van der Waals surface area contributed by atoms with Crippen LogP contribution in [0.25, 0.3) is 0 Å². The lowest BCUT2D eigenvalue weighted by atomic mass is 9.91. The van der Waals surface area contributed by atoms with Gasteiger partial charge in [0.2, 0.25) is 0 Å². The predicted molar refractivity (Wildman–Crippen MR) is 81.9 cm³/mol. The summed E-state index contributed by atoms with van der Waals surface area (Å²) in [5.41, 5.74) is 12.0. The summed E-state index contributed by atoms with van der Waals surface area (Å²) in [6, 6.07) is 13.9. The number of hydrogen-bond donors (Lipinski definition) is 2. The summed E-state index contributed by atoms with van der Waals surface area (Å²) in [5.74, 6) is 0. The van der Waals surface area contributed by atoms with Gasteiger partial charge in [-0.25, -0.2) is 0 Å². The highest BCUT2D eigenvalue weighted by atomic mass is 14.9. The van der Waals surface area contributed by atoms with Crippen LogP contribution in [0, 0.1) is 11.3 Å². The van der Waals surface area contributed by atoms with Crippen LogP contribution >= 0.6 is 0 Å². The van der Waals surface area contributed by atoms with Gasteiger partial charge >= 0.3 is 0 Å². The maximum absolute atomic E-state index is 8.85. The van der Waals surface area contributed by atoms with Crippen molar-refractivity contribution in [2.45, 2.75) is 25.7 Å². The highest BCUT2D eigenvalue weighted by Crippen LogP contribution is 2.28. The number of nitriles is 1. The molecule has 2 aromatic rings. The van der Waals surface area contributed by atoms with Gasteiger partial charge in [0.1, 0.15) is 0 Å². The summed E-state index contributed by atoms with van der Waals surface area (Å²) < 4.78 is 0. The number of anilines is 3. The number of fused-ring (bicyclic) bond motifs is 1. The van der Waals surface area contributed by atoms with Crippen molar-refractivity contribution >= 4 is 17.1 Å². The van der Waals surface area contributed by atoms with Crippen LogP contribution in [0.3, 0.4) is 0 Å². The Morgan fingerprint density at radius 2 is 1.80 bits per heavy atom. The van der Waals surface area contributed by atoms with Gasteiger partial charge in [0.05, 0.1) is 23.0 Å². The van der Waals surface area contributed by atoms with Crippen LogP contribution in [0.2, 0.25) is 0 Å². The third-order valence-corrected chi connectivity index (χ3v) is 3.81. The quantitative estimate of drug-likeness (QED) is 0.811. The summed E-state index contributed by atoms with van der Waals surface area (Å²) >= 11 is 0. The lowest BCUT2D eigenvalue weighted by Gasteiger charge is -2.17. The van der Waals surface area contributed by atoms with Crippen LogP contribution in [-0.4, -0.2) is 0 Å². The van der Waals surface area contributed by atoms with E-state index in [9.17, 15) is 0 Å². The van der Waals surface area contributed by atoms with Crippen molar-refractivity contribution in [1.29, 1.82) is 5.26 Å². The summed E-state index contributed by atoms with van der Waals surface area (Å²) in [7, 11) is 0. The van der Waals surface area contributed by atoms with E-state index in [1.165, 1.54) is 30.4 Å². The molecule has 1 aliphatic rings. The first-order valence-electron chi connectivity index (χ1n) is 6.95. The number of nitrogens with one attached hydrogen (secondary N) is 1. The van der Waals surface area contributed by atoms with E-state index in [1.54, 1.807) is 12.1 Å². The van der Waals surface area contributed by atoms with Gasteiger partial charge in [0, 0.05) is 5.69 Å². The molecule has 3 N–H and O–H groups in total. The van der Waals surface area contributed by atoms with Crippen LogP contribution in [0.5, 0.6) is 0 Å². The molecule has 20 heavy (non-hydrogen) atoms. The van der Waals surface area contributed by atoms with Gasteiger partial charge in [-0.1, -0.05) is 6.07 Å². The third kappa shape index (κ3) is 2.46. The Morgan fingerprint density at radius 1 is 1.00 bits per heavy atom. The van der Waals surface area contributed by atoms with Gasteiger partial charge in [-0.15, -0.1) is 0 Å². The second-order valence-electron chi connectivity index (χ2n) is 5.23. The van der Waals surface area contributed by atoms with Gasteiger partial charge in [-0.2, -0.15) is 5.26 Å². The number of nitrogens with zero attached hydrogens (tertiary/aromatic N) is 1. The molecule has 3 rings (SSSR count). The van der Waals surface area contributed by atoms with Crippen molar-refractivity contribution in [3.8, 4) is 6.07 Å². The van der Waals surface area contributed by atoms with Crippen molar-refractivity contribution in [2.24, 2.45) is 0 Å². The first-order chi connectivity index (χ1) is 9.76. The Bertz CT molecular complexity index is 683. The van der Waals surface area contributed by atoms with Crippen molar-refractivity contribution < 1.29 is 0 Å². The summed E-state index contributed by atoms with van der Waals surface area (Å²) in [6.07, 6.45) is 4.92. The molecule has 0 bridgehead atoms. The van der Waals surface area contributed by atoms with Crippen LogP contribution in [0.1, 0.15) is 29.5 Å². The zero-order valence-corrected chi connectivity index (χ0v) is 11.3. The number of rotatable bonds is 2. The summed E-state index contributed by atoms with van der Waals surface area (Å²) in [4.78, 5) is 0. The number of nitrogens with two attached hydrogens (primary N) is 1. The van der Waals surface area contributed by atoms with Crippen LogP contribution in [0.4, 0.5) is 17.1 Å². The van der Waals surface area contributed by atoms with E-state index >= 15 is 0 Å². The van der Waals surface area contributed by atoms with E-state index in [1.807, 2.05) is 6.07 Å². The van der Waals surface area contributed by atoms with Crippen LogP contribution < -0.4 is 11.1 Å². The Morgan fingerprint density at radius 3 is 2.55 bits per heavy atom. The standard InChI is InChI=1S/C17H17N3/c18-11-12-5-8-17(16(19)9-12)20-15-7-6-13-3-1-2-4-14(13)10-15/h5-10,20H,1-4,19H2. The largest absolute Gasteiger partial charge is 0.397 e. The summed E-state index contributed by atoms with van der Waals surface area (Å²) in [5, 5.41) is 12.2. The second-order valence-corrected chi connectivity index (χ2v) is 5.23. The first kappa shape index (κ1) is 12.6. The zero-order chi connectivity index (χ0) is 13.9. The topological polar surface area (TPSA) is 61.8 Å². The molecular weight excluding hydrogens is 246 g/mol. The van der Waals surface area contributed by atoms with Crippen molar-refractivity contribution in [3.63, 3.8) is 0 Å². The molecule has 0 radical (unpaired) electrons. The fourth-order valence-corrected chi connectivity index (χ4v) is 2.71. The lowest BCUT2D eigenvalue weighted by Crippen LogP contribution is -2.03. The van der Waals surface area contributed by atoms with E-state index in [2.05, 4.69) is 29.6 Å². The maximum atomic E-state index is 8.85. The SMILES string of the molecule is N#Cc1ccc(Nc2ccc3c(c2)CCCC3)c(N)c1. The molecule has 0 aliphatic heterocycles. The van der Waals surface area contributed by atoms with Crippen molar-refractivity contribution in [1.82, 2.24) is 0 Å². The van der Waals surface area contributed by atoms with Crippen LogP contribution in [-0.2, 0) is 12.8 Å². The zero-order valence-electron chi connectivity index (χ0n) is 11.3. The minimum Gasteiger partial charge on any atom is -0.397 e. The Kier molecular flexibility index (Phi) is 3.30. The molecule has 0 spiro atoms. The van der Waals surface area contributed by atoms with Gasteiger partial charge < -0.3 is 11.1 Å². The maximum Gasteiger partial charge on any atom is 0.0992 e. The number of nitrogen functional groups attached to an aromatic ring is 1. The molecule has 0 unspecified atom stereocenters.